The van der Waals surface area contributed by atoms with Gasteiger partial charge in [-0.25, -0.2) is 0 Å². The highest BCUT2D eigenvalue weighted by Gasteiger charge is 2.23. The van der Waals surface area contributed by atoms with Crippen molar-refractivity contribution >= 4 is 28.6 Å². The molecule has 0 radical (unpaired) electrons. The molecule has 1 aromatic heterocycles. The van der Waals surface area contributed by atoms with E-state index in [1.807, 2.05) is 24.4 Å². The molecule has 1 aliphatic heterocycles. The number of carbonyl (C=O) groups is 1. The van der Waals surface area contributed by atoms with E-state index in [0.717, 1.165) is 36.7 Å². The van der Waals surface area contributed by atoms with Crippen LogP contribution >= 0.6 is 11.3 Å². The summed E-state index contributed by atoms with van der Waals surface area (Å²) in [5, 5.41) is 15.8. The number of nitro benzene ring substituents is 1. The molecule has 2 aromatic rings. The van der Waals surface area contributed by atoms with Gasteiger partial charge in [0.05, 0.1) is 37.1 Å². The molecule has 1 aromatic carbocycles. The number of nitrogens with zero attached hydrogens (tertiary/aromatic N) is 2. The van der Waals surface area contributed by atoms with Crippen LogP contribution in [0.3, 0.4) is 0 Å². The van der Waals surface area contributed by atoms with Gasteiger partial charge in [0.25, 0.3) is 11.6 Å². The zero-order valence-corrected chi connectivity index (χ0v) is 15.5. The van der Waals surface area contributed by atoms with E-state index in [4.69, 9.17) is 0 Å². The maximum absolute atomic E-state index is 12.3. The number of quaternary nitrogens is 1. The predicted octanol–water partition coefficient (Wildman–Crippen LogP) is 1.24. The number of thiophene rings is 1. The number of hydrogen-bond acceptors (Lipinski definition) is 5. The molecule has 1 atom stereocenters. The van der Waals surface area contributed by atoms with Crippen molar-refractivity contribution in [3.05, 3.63) is 56.8 Å². The van der Waals surface area contributed by atoms with Gasteiger partial charge in [0, 0.05) is 22.7 Å². The molecule has 7 nitrogen and oxygen atoms in total. The summed E-state index contributed by atoms with van der Waals surface area (Å²) in [5.41, 5.74) is 1.10. The molecular weight excluding hydrogens is 352 g/mol. The third-order valence-electron chi connectivity index (χ3n) is 4.65. The van der Waals surface area contributed by atoms with Crippen LogP contribution in [-0.4, -0.2) is 43.6 Å². The summed E-state index contributed by atoms with van der Waals surface area (Å²) in [6.45, 7) is 5.90. The zero-order valence-electron chi connectivity index (χ0n) is 14.7. The molecule has 0 spiro atoms. The molecule has 138 valence electrons. The normalized spacial score (nSPS) is 16.3. The number of anilines is 1. The van der Waals surface area contributed by atoms with Crippen molar-refractivity contribution in [2.24, 2.45) is 0 Å². The Kier molecular flexibility index (Phi) is 5.85. The minimum Gasteiger partial charge on any atom is -0.360 e. The Hall–Kier alpha value is -2.45. The van der Waals surface area contributed by atoms with Crippen molar-refractivity contribution in [2.75, 3.05) is 37.6 Å². The average Bonchev–Trinajstić information content (AvgIpc) is 3.17. The number of hydrogen-bond donors (Lipinski definition) is 2. The van der Waals surface area contributed by atoms with Crippen molar-refractivity contribution in [3.63, 3.8) is 0 Å². The van der Waals surface area contributed by atoms with Crippen LogP contribution in [0.5, 0.6) is 0 Å². The number of nitro groups is 1. The monoisotopic (exact) mass is 375 g/mol. The van der Waals surface area contributed by atoms with Gasteiger partial charge in [-0.15, -0.1) is 11.3 Å². The second kappa shape index (κ2) is 8.29. The van der Waals surface area contributed by atoms with Gasteiger partial charge in [0.15, 0.2) is 6.54 Å². The molecule has 0 saturated carbocycles. The number of piperazine rings is 1. The average molecular weight is 375 g/mol. The van der Waals surface area contributed by atoms with Crippen LogP contribution in [0.25, 0.3) is 0 Å². The lowest BCUT2D eigenvalue weighted by molar-refractivity contribution is -0.892. The summed E-state index contributed by atoms with van der Waals surface area (Å²) in [5.74, 6) is 0.0738. The lowest BCUT2D eigenvalue weighted by Gasteiger charge is -2.33. The maximum Gasteiger partial charge on any atom is 0.275 e. The summed E-state index contributed by atoms with van der Waals surface area (Å²) < 4.78 is 0. The fourth-order valence-electron chi connectivity index (χ4n) is 3.17. The highest BCUT2D eigenvalue weighted by atomic mass is 32.1. The van der Waals surface area contributed by atoms with E-state index in [1.165, 1.54) is 17.0 Å². The summed E-state index contributed by atoms with van der Waals surface area (Å²) >= 11 is 1.65. The molecule has 1 saturated heterocycles. The van der Waals surface area contributed by atoms with E-state index in [-0.39, 0.29) is 22.6 Å². The van der Waals surface area contributed by atoms with Crippen LogP contribution < -0.4 is 15.1 Å². The standard InChI is InChI=1S/C18H22N4O3S/c1-14(17-3-2-12-26-17)19-18(23)13-20-8-10-21(11-9-20)15-4-6-16(7-5-15)22(24)25/h2-7,12,14H,8-11,13H2,1H3,(H,19,23)/p+1/t14-/m1/s1. The van der Waals surface area contributed by atoms with E-state index in [9.17, 15) is 14.9 Å². The highest BCUT2D eigenvalue weighted by molar-refractivity contribution is 7.10. The van der Waals surface area contributed by atoms with Crippen molar-refractivity contribution in [1.29, 1.82) is 0 Å². The minimum atomic E-state index is -0.387. The first kappa shape index (κ1) is 18.3. The molecule has 1 fully saturated rings. The van der Waals surface area contributed by atoms with Gasteiger partial charge in [-0.1, -0.05) is 6.07 Å². The van der Waals surface area contributed by atoms with Crippen molar-refractivity contribution in [3.8, 4) is 0 Å². The van der Waals surface area contributed by atoms with E-state index in [2.05, 4.69) is 10.2 Å². The lowest BCUT2D eigenvalue weighted by Crippen LogP contribution is -3.15. The van der Waals surface area contributed by atoms with E-state index in [0.29, 0.717) is 6.54 Å². The zero-order chi connectivity index (χ0) is 18.5. The van der Waals surface area contributed by atoms with Gasteiger partial charge in [0.1, 0.15) is 0 Å². The van der Waals surface area contributed by atoms with Gasteiger partial charge in [-0.3, -0.25) is 14.9 Å². The summed E-state index contributed by atoms with van der Waals surface area (Å²) in [4.78, 5) is 27.2. The van der Waals surface area contributed by atoms with Crippen LogP contribution in [-0.2, 0) is 4.79 Å². The molecule has 3 rings (SSSR count). The Balaban J connectivity index is 1.46. The molecule has 0 unspecified atom stereocenters. The Morgan fingerprint density at radius 3 is 2.58 bits per heavy atom. The van der Waals surface area contributed by atoms with Gasteiger partial charge >= 0.3 is 0 Å². The molecule has 0 aliphatic carbocycles. The van der Waals surface area contributed by atoms with Crippen LogP contribution in [0.2, 0.25) is 0 Å². The number of amides is 1. The van der Waals surface area contributed by atoms with Crippen molar-refractivity contribution < 1.29 is 14.6 Å². The number of nitrogens with one attached hydrogen (secondary N) is 2. The Morgan fingerprint density at radius 1 is 1.31 bits per heavy atom. The fraction of sp³-hybridized carbons (Fsp3) is 0.389. The smallest absolute Gasteiger partial charge is 0.275 e. The molecule has 1 amide bonds. The van der Waals surface area contributed by atoms with Crippen LogP contribution in [0.4, 0.5) is 11.4 Å². The SMILES string of the molecule is C[C@@H](NC(=O)C[NH+]1CCN(c2ccc([N+](=O)[O-])cc2)CC1)c1cccs1. The maximum atomic E-state index is 12.3. The first-order valence-corrected chi connectivity index (χ1v) is 9.56. The second-order valence-electron chi connectivity index (χ2n) is 6.49. The molecule has 1 aliphatic rings. The first-order valence-electron chi connectivity index (χ1n) is 8.68. The van der Waals surface area contributed by atoms with Gasteiger partial charge < -0.3 is 15.1 Å². The van der Waals surface area contributed by atoms with E-state index in [1.54, 1.807) is 23.5 Å². The Labute approximate surface area is 156 Å². The Bertz CT molecular complexity index is 740. The van der Waals surface area contributed by atoms with Crippen molar-refractivity contribution in [1.82, 2.24) is 5.32 Å². The molecule has 2 N–H and O–H groups in total. The van der Waals surface area contributed by atoms with Gasteiger partial charge in [-0.05, 0) is 30.5 Å². The summed E-state index contributed by atoms with van der Waals surface area (Å²) in [7, 11) is 0. The highest BCUT2D eigenvalue weighted by Crippen LogP contribution is 2.19. The quantitative estimate of drug-likeness (QED) is 0.588. The third-order valence-corrected chi connectivity index (χ3v) is 5.71. The minimum absolute atomic E-state index is 0.0447. The van der Waals surface area contributed by atoms with Crippen LogP contribution in [0, 0.1) is 10.1 Å². The predicted molar refractivity (Wildman–Crippen MR) is 102 cm³/mol. The molecule has 0 bridgehead atoms. The molecular formula is C18H23N4O3S+. The molecule has 26 heavy (non-hydrogen) atoms. The Morgan fingerprint density at radius 2 is 2.00 bits per heavy atom. The van der Waals surface area contributed by atoms with E-state index >= 15 is 0 Å². The number of benzene rings is 1. The van der Waals surface area contributed by atoms with Crippen LogP contribution in [0.15, 0.2) is 41.8 Å². The van der Waals surface area contributed by atoms with E-state index < -0.39 is 0 Å². The fourth-order valence-corrected chi connectivity index (χ4v) is 3.91. The van der Waals surface area contributed by atoms with Crippen molar-refractivity contribution in [2.45, 2.75) is 13.0 Å². The lowest BCUT2D eigenvalue weighted by atomic mass is 10.2. The number of non-ortho nitro benzene ring substituents is 1. The number of carbonyl (C=O) groups excluding carboxylic acids is 1. The molecule has 8 heteroatoms. The largest absolute Gasteiger partial charge is 0.360 e. The first-order chi connectivity index (χ1) is 12.5. The molecule has 2 heterocycles. The third kappa shape index (κ3) is 4.59. The second-order valence-corrected chi connectivity index (χ2v) is 7.47. The van der Waals surface area contributed by atoms with Crippen LogP contribution in [0.1, 0.15) is 17.8 Å². The summed E-state index contributed by atoms with van der Waals surface area (Å²) in [6, 6.07) is 10.7. The topological polar surface area (TPSA) is 79.9 Å². The van der Waals surface area contributed by atoms with Gasteiger partial charge in [0.2, 0.25) is 0 Å². The number of rotatable bonds is 6. The van der Waals surface area contributed by atoms with Gasteiger partial charge in [-0.2, -0.15) is 0 Å². The summed E-state index contributed by atoms with van der Waals surface area (Å²) in [6.07, 6.45) is 0.